The molecule has 1 saturated heterocycles. The van der Waals surface area contributed by atoms with Crippen molar-refractivity contribution in [3.8, 4) is 5.75 Å². The summed E-state index contributed by atoms with van der Waals surface area (Å²) >= 11 is 0. The van der Waals surface area contributed by atoms with E-state index in [2.05, 4.69) is 4.90 Å². The van der Waals surface area contributed by atoms with Crippen LogP contribution in [0.25, 0.3) is 0 Å². The molecule has 1 fully saturated rings. The number of nitrogens with two attached hydrogens (primary N) is 1. The van der Waals surface area contributed by atoms with E-state index in [1.165, 1.54) is 0 Å². The standard InChI is InChI=1S/C17H25N3O4/c1-23-12-11-19-7-4-8-20(10-9-19)17(22)14-5-2-3-6-15(14)24-13-16(18)21/h2-3,5-6H,4,7-13H2,1H3,(H2,18,21). The molecule has 0 spiro atoms. The van der Waals surface area contributed by atoms with Gasteiger partial charge in [0.15, 0.2) is 6.61 Å². The first-order chi connectivity index (χ1) is 11.6. The van der Waals surface area contributed by atoms with Crippen molar-refractivity contribution < 1.29 is 19.1 Å². The number of methoxy groups -OCH3 is 1. The molecule has 2 amide bonds. The van der Waals surface area contributed by atoms with E-state index in [0.717, 1.165) is 26.1 Å². The fraction of sp³-hybridized carbons (Fsp3) is 0.529. The Labute approximate surface area is 142 Å². The molecule has 0 atom stereocenters. The van der Waals surface area contributed by atoms with Crippen LogP contribution in [0.2, 0.25) is 0 Å². The Morgan fingerprint density at radius 1 is 1.17 bits per heavy atom. The van der Waals surface area contributed by atoms with Crippen LogP contribution in [0, 0.1) is 0 Å². The van der Waals surface area contributed by atoms with Gasteiger partial charge in [-0.15, -0.1) is 0 Å². The third-order valence-electron chi connectivity index (χ3n) is 3.97. The smallest absolute Gasteiger partial charge is 0.257 e. The quantitative estimate of drug-likeness (QED) is 0.777. The van der Waals surface area contributed by atoms with Crippen LogP contribution in [0.4, 0.5) is 0 Å². The highest BCUT2D eigenvalue weighted by molar-refractivity contribution is 5.97. The minimum atomic E-state index is -0.569. The minimum Gasteiger partial charge on any atom is -0.483 e. The number of hydrogen-bond donors (Lipinski definition) is 1. The van der Waals surface area contributed by atoms with Crippen molar-refractivity contribution >= 4 is 11.8 Å². The van der Waals surface area contributed by atoms with Crippen molar-refractivity contribution in [2.75, 3.05) is 53.0 Å². The summed E-state index contributed by atoms with van der Waals surface area (Å²) in [5.74, 6) is -0.258. The molecule has 1 aliphatic rings. The molecule has 1 heterocycles. The number of ether oxygens (including phenoxy) is 2. The van der Waals surface area contributed by atoms with Gasteiger partial charge in [0.05, 0.1) is 12.2 Å². The molecule has 1 aliphatic heterocycles. The average Bonchev–Trinajstić information content (AvgIpc) is 2.83. The summed E-state index contributed by atoms with van der Waals surface area (Å²) in [7, 11) is 1.69. The number of benzene rings is 1. The lowest BCUT2D eigenvalue weighted by Crippen LogP contribution is -2.36. The summed E-state index contributed by atoms with van der Waals surface area (Å²) in [6.45, 7) is 4.45. The molecule has 1 aromatic rings. The Morgan fingerprint density at radius 2 is 1.96 bits per heavy atom. The van der Waals surface area contributed by atoms with Crippen LogP contribution >= 0.6 is 0 Å². The highest BCUT2D eigenvalue weighted by Crippen LogP contribution is 2.20. The predicted molar refractivity (Wildman–Crippen MR) is 90.0 cm³/mol. The van der Waals surface area contributed by atoms with Gasteiger partial charge >= 0.3 is 0 Å². The first-order valence-electron chi connectivity index (χ1n) is 8.12. The monoisotopic (exact) mass is 335 g/mol. The molecule has 0 saturated carbocycles. The van der Waals surface area contributed by atoms with Crippen LogP contribution in [-0.2, 0) is 9.53 Å². The Kier molecular flexibility index (Phi) is 7.02. The van der Waals surface area contributed by atoms with Gasteiger partial charge in [0.25, 0.3) is 11.8 Å². The number of carbonyl (C=O) groups is 2. The molecule has 7 heteroatoms. The number of amides is 2. The normalized spacial score (nSPS) is 15.8. The summed E-state index contributed by atoms with van der Waals surface area (Å²) < 4.78 is 10.5. The van der Waals surface area contributed by atoms with Crippen LogP contribution in [0.1, 0.15) is 16.8 Å². The zero-order valence-electron chi connectivity index (χ0n) is 14.1. The lowest BCUT2D eigenvalue weighted by atomic mass is 10.1. The highest BCUT2D eigenvalue weighted by atomic mass is 16.5. The summed E-state index contributed by atoms with van der Waals surface area (Å²) in [4.78, 5) is 27.9. The van der Waals surface area contributed by atoms with Crippen molar-refractivity contribution in [3.05, 3.63) is 29.8 Å². The number of rotatable bonds is 7. The summed E-state index contributed by atoms with van der Waals surface area (Å²) in [5, 5.41) is 0. The molecule has 1 aromatic carbocycles. The van der Waals surface area contributed by atoms with Crippen LogP contribution in [-0.4, -0.2) is 74.7 Å². The van der Waals surface area contributed by atoms with Crippen molar-refractivity contribution in [2.24, 2.45) is 5.73 Å². The van der Waals surface area contributed by atoms with Gasteiger partial charge in [-0.3, -0.25) is 14.5 Å². The van der Waals surface area contributed by atoms with Crippen molar-refractivity contribution in [1.82, 2.24) is 9.80 Å². The second-order valence-electron chi connectivity index (χ2n) is 5.73. The Bertz CT molecular complexity index is 565. The van der Waals surface area contributed by atoms with Gasteiger partial charge in [-0.2, -0.15) is 0 Å². The van der Waals surface area contributed by atoms with Crippen LogP contribution < -0.4 is 10.5 Å². The molecule has 0 bridgehead atoms. The lowest BCUT2D eigenvalue weighted by Gasteiger charge is -2.22. The highest BCUT2D eigenvalue weighted by Gasteiger charge is 2.22. The van der Waals surface area contributed by atoms with Crippen LogP contribution in [0.15, 0.2) is 24.3 Å². The lowest BCUT2D eigenvalue weighted by molar-refractivity contribution is -0.119. The number of carbonyl (C=O) groups excluding carboxylic acids is 2. The molecule has 2 N–H and O–H groups in total. The number of nitrogens with zero attached hydrogens (tertiary/aromatic N) is 2. The van der Waals surface area contributed by atoms with E-state index in [0.29, 0.717) is 31.0 Å². The third-order valence-corrected chi connectivity index (χ3v) is 3.97. The molecule has 132 valence electrons. The number of hydrogen-bond acceptors (Lipinski definition) is 5. The zero-order valence-corrected chi connectivity index (χ0v) is 14.1. The van der Waals surface area contributed by atoms with Gasteiger partial charge in [0, 0.05) is 33.3 Å². The van der Waals surface area contributed by atoms with E-state index in [1.54, 1.807) is 31.4 Å². The van der Waals surface area contributed by atoms with Gasteiger partial charge in [-0.05, 0) is 25.1 Å². The maximum atomic E-state index is 12.8. The maximum Gasteiger partial charge on any atom is 0.257 e. The van der Waals surface area contributed by atoms with E-state index in [1.807, 2.05) is 4.90 Å². The Morgan fingerprint density at radius 3 is 2.71 bits per heavy atom. The fourth-order valence-corrected chi connectivity index (χ4v) is 2.71. The molecule has 24 heavy (non-hydrogen) atoms. The fourth-order valence-electron chi connectivity index (χ4n) is 2.71. The molecule has 0 aliphatic carbocycles. The summed E-state index contributed by atoms with van der Waals surface area (Å²) in [6, 6.07) is 6.94. The molecular formula is C17H25N3O4. The second kappa shape index (κ2) is 9.24. The van der Waals surface area contributed by atoms with E-state index < -0.39 is 5.91 Å². The third kappa shape index (κ3) is 5.21. The molecular weight excluding hydrogens is 310 g/mol. The molecule has 0 unspecified atom stereocenters. The van der Waals surface area contributed by atoms with Crippen LogP contribution in [0.5, 0.6) is 5.75 Å². The van der Waals surface area contributed by atoms with E-state index in [9.17, 15) is 9.59 Å². The maximum absolute atomic E-state index is 12.8. The number of para-hydroxylation sites is 1. The van der Waals surface area contributed by atoms with Gasteiger partial charge in [-0.1, -0.05) is 12.1 Å². The van der Waals surface area contributed by atoms with Gasteiger partial charge < -0.3 is 20.1 Å². The van der Waals surface area contributed by atoms with E-state index in [-0.39, 0.29) is 12.5 Å². The predicted octanol–water partition coefficient (Wildman–Crippen LogP) is 0.345. The molecule has 7 nitrogen and oxygen atoms in total. The minimum absolute atomic E-state index is 0.0799. The summed E-state index contributed by atoms with van der Waals surface area (Å²) in [6.07, 6.45) is 0.916. The molecule has 0 radical (unpaired) electrons. The largest absolute Gasteiger partial charge is 0.483 e. The van der Waals surface area contributed by atoms with Gasteiger partial charge in [-0.25, -0.2) is 0 Å². The van der Waals surface area contributed by atoms with Gasteiger partial charge in [0.2, 0.25) is 0 Å². The van der Waals surface area contributed by atoms with Crippen molar-refractivity contribution in [3.63, 3.8) is 0 Å². The number of primary amides is 1. The van der Waals surface area contributed by atoms with Crippen molar-refractivity contribution in [1.29, 1.82) is 0 Å². The van der Waals surface area contributed by atoms with Gasteiger partial charge in [0.1, 0.15) is 5.75 Å². The summed E-state index contributed by atoms with van der Waals surface area (Å²) in [5.41, 5.74) is 5.57. The van der Waals surface area contributed by atoms with E-state index >= 15 is 0 Å². The van der Waals surface area contributed by atoms with E-state index in [4.69, 9.17) is 15.2 Å². The first-order valence-corrected chi connectivity index (χ1v) is 8.12. The SMILES string of the molecule is COCCN1CCCN(C(=O)c2ccccc2OCC(N)=O)CC1. The Balaban J connectivity index is 2.02. The first kappa shape index (κ1) is 18.2. The second-order valence-corrected chi connectivity index (χ2v) is 5.73. The van der Waals surface area contributed by atoms with Crippen LogP contribution in [0.3, 0.4) is 0 Å². The Hall–Kier alpha value is -2.12. The van der Waals surface area contributed by atoms with Crippen molar-refractivity contribution in [2.45, 2.75) is 6.42 Å². The topological polar surface area (TPSA) is 85.1 Å². The zero-order chi connectivity index (χ0) is 17.4. The molecule has 0 aromatic heterocycles. The molecule has 2 rings (SSSR count). The average molecular weight is 335 g/mol.